The molecule has 2 saturated heterocycles. The molecular weight excluding hydrogens is 534 g/mol. The van der Waals surface area contributed by atoms with E-state index in [9.17, 15) is 18.0 Å². The fraction of sp³-hybridized carbons (Fsp3) is 0.406. The second kappa shape index (κ2) is 12.6. The van der Waals surface area contributed by atoms with Crippen molar-refractivity contribution >= 4 is 17.3 Å². The number of rotatable bonds is 7. The first-order valence-electron chi connectivity index (χ1n) is 14.1. The molecule has 2 aliphatic heterocycles. The van der Waals surface area contributed by atoms with Crippen molar-refractivity contribution in [2.45, 2.75) is 38.5 Å². The normalized spacial score (nSPS) is 17.8. The van der Waals surface area contributed by atoms with Crippen LogP contribution in [0, 0.1) is 11.7 Å². The van der Waals surface area contributed by atoms with E-state index >= 15 is 4.39 Å². The maximum Gasteiger partial charge on any atom is 0.416 e. The van der Waals surface area contributed by atoms with E-state index in [4.69, 9.17) is 4.74 Å². The summed E-state index contributed by atoms with van der Waals surface area (Å²) in [6, 6.07) is 19.7. The van der Waals surface area contributed by atoms with Crippen LogP contribution in [0.2, 0.25) is 0 Å². The third-order valence-electron chi connectivity index (χ3n) is 8.09. The molecule has 5 rings (SSSR count). The maximum atomic E-state index is 15.4. The average molecular weight is 570 g/mol. The number of likely N-dealkylation sites (tertiary alicyclic amines) is 1. The highest BCUT2D eigenvalue weighted by Gasteiger charge is 2.33. The topological polar surface area (TPSA) is 36.0 Å². The molecule has 3 aromatic rings. The summed E-state index contributed by atoms with van der Waals surface area (Å²) in [6.45, 7) is 6.11. The summed E-state index contributed by atoms with van der Waals surface area (Å²) in [7, 11) is 0. The first-order valence-corrected chi connectivity index (χ1v) is 14.1. The predicted molar refractivity (Wildman–Crippen MR) is 151 cm³/mol. The lowest BCUT2D eigenvalue weighted by Crippen LogP contribution is -2.43. The van der Waals surface area contributed by atoms with E-state index in [0.717, 1.165) is 23.3 Å². The molecule has 0 bridgehead atoms. The first kappa shape index (κ1) is 29.1. The minimum absolute atomic E-state index is 0.0472. The Bertz CT molecular complexity index is 1300. The van der Waals surface area contributed by atoms with E-state index in [1.807, 2.05) is 48.2 Å². The van der Waals surface area contributed by atoms with Gasteiger partial charge in [0.15, 0.2) is 0 Å². The van der Waals surface area contributed by atoms with Gasteiger partial charge < -0.3 is 14.5 Å². The van der Waals surface area contributed by atoms with Crippen LogP contribution in [0.4, 0.5) is 28.9 Å². The smallest absolute Gasteiger partial charge is 0.378 e. The van der Waals surface area contributed by atoms with E-state index in [0.29, 0.717) is 70.2 Å². The largest absolute Gasteiger partial charge is 0.416 e. The Kier molecular flexibility index (Phi) is 8.94. The van der Waals surface area contributed by atoms with Crippen molar-refractivity contribution in [2.75, 3.05) is 49.2 Å². The molecule has 0 aliphatic carbocycles. The zero-order valence-electron chi connectivity index (χ0n) is 23.1. The highest BCUT2D eigenvalue weighted by atomic mass is 19.4. The number of carbonyl (C=O) groups excluding carboxylic acids is 1. The van der Waals surface area contributed by atoms with Crippen molar-refractivity contribution in [1.82, 2.24) is 4.90 Å². The Balaban J connectivity index is 1.30. The highest BCUT2D eigenvalue weighted by Crippen LogP contribution is 2.35. The molecule has 1 atom stereocenters. The van der Waals surface area contributed by atoms with Gasteiger partial charge in [0.05, 0.1) is 30.5 Å². The summed E-state index contributed by atoms with van der Waals surface area (Å²) in [5.41, 5.74) is 2.13. The van der Waals surface area contributed by atoms with Crippen LogP contribution in [-0.2, 0) is 22.3 Å². The number of benzene rings is 3. The number of hydrogen-bond donors (Lipinski definition) is 0. The van der Waals surface area contributed by atoms with Gasteiger partial charge in [0.1, 0.15) is 5.82 Å². The van der Waals surface area contributed by atoms with Crippen LogP contribution in [-0.4, -0.2) is 50.2 Å². The predicted octanol–water partition coefficient (Wildman–Crippen LogP) is 6.69. The van der Waals surface area contributed by atoms with Crippen LogP contribution in [0.25, 0.3) is 0 Å². The van der Waals surface area contributed by atoms with Gasteiger partial charge in [-0.05, 0) is 74.3 Å². The van der Waals surface area contributed by atoms with Gasteiger partial charge in [-0.1, -0.05) is 42.5 Å². The molecule has 218 valence electrons. The summed E-state index contributed by atoms with van der Waals surface area (Å²) in [5.74, 6) is -0.658. The van der Waals surface area contributed by atoms with Gasteiger partial charge in [0, 0.05) is 31.2 Å². The van der Waals surface area contributed by atoms with Gasteiger partial charge in [-0.2, -0.15) is 13.2 Å². The number of morpholine rings is 1. The van der Waals surface area contributed by atoms with E-state index in [2.05, 4.69) is 4.90 Å². The van der Waals surface area contributed by atoms with Crippen LogP contribution in [0.5, 0.6) is 0 Å². The highest BCUT2D eigenvalue weighted by molar-refractivity contribution is 5.96. The monoisotopic (exact) mass is 569 g/mol. The average Bonchev–Trinajstić information content (AvgIpc) is 2.98. The summed E-state index contributed by atoms with van der Waals surface area (Å²) >= 11 is 0. The van der Waals surface area contributed by atoms with Crippen LogP contribution in [0.15, 0.2) is 72.8 Å². The lowest BCUT2D eigenvalue weighted by Gasteiger charge is -2.37. The van der Waals surface area contributed by atoms with Crippen molar-refractivity contribution in [3.63, 3.8) is 0 Å². The van der Waals surface area contributed by atoms with Crippen LogP contribution >= 0.6 is 0 Å². The molecule has 5 nitrogen and oxygen atoms in total. The number of halogens is 4. The summed E-state index contributed by atoms with van der Waals surface area (Å²) in [6.07, 6.45) is -3.12. The van der Waals surface area contributed by atoms with Crippen molar-refractivity contribution in [3.8, 4) is 0 Å². The molecule has 1 unspecified atom stereocenters. The molecular formula is C32H35F4N3O2. The van der Waals surface area contributed by atoms with Gasteiger partial charge in [0.2, 0.25) is 5.91 Å². The molecule has 0 radical (unpaired) electrons. The van der Waals surface area contributed by atoms with E-state index in [1.54, 1.807) is 11.0 Å². The van der Waals surface area contributed by atoms with E-state index in [1.165, 1.54) is 18.2 Å². The second-order valence-electron chi connectivity index (χ2n) is 10.8. The lowest BCUT2D eigenvalue weighted by atomic mass is 9.93. The van der Waals surface area contributed by atoms with Crippen LogP contribution < -0.4 is 9.80 Å². The lowest BCUT2D eigenvalue weighted by molar-refractivity contribution is -0.137. The number of carbonyl (C=O) groups is 1. The Hall–Kier alpha value is -3.43. The third-order valence-corrected chi connectivity index (χ3v) is 8.09. The zero-order chi connectivity index (χ0) is 29.0. The summed E-state index contributed by atoms with van der Waals surface area (Å²) in [4.78, 5) is 19.9. The molecule has 2 aliphatic rings. The SMILES string of the molecule is CC(c1ccccc1)N(C(=O)C1CCN(Cc2ccc(C(F)(F)F)cc2)CC1)c1ccc(N2CCOCC2)c(F)c1. The number of anilines is 2. The van der Waals surface area contributed by atoms with Crippen molar-refractivity contribution in [2.24, 2.45) is 5.92 Å². The second-order valence-corrected chi connectivity index (χ2v) is 10.8. The van der Waals surface area contributed by atoms with E-state index < -0.39 is 11.7 Å². The maximum absolute atomic E-state index is 15.4. The molecule has 3 aromatic carbocycles. The van der Waals surface area contributed by atoms with Gasteiger partial charge in [-0.3, -0.25) is 9.69 Å². The molecule has 2 fully saturated rings. The number of ether oxygens (including phenoxy) is 1. The molecule has 0 spiro atoms. The Labute approximate surface area is 238 Å². The minimum Gasteiger partial charge on any atom is -0.378 e. The fourth-order valence-corrected chi connectivity index (χ4v) is 5.72. The number of piperidine rings is 1. The number of nitrogens with zero attached hydrogens (tertiary/aromatic N) is 3. The van der Waals surface area contributed by atoms with Crippen molar-refractivity contribution < 1.29 is 27.1 Å². The van der Waals surface area contributed by atoms with Crippen molar-refractivity contribution in [3.05, 3.63) is 95.3 Å². The zero-order valence-corrected chi connectivity index (χ0v) is 23.1. The Morgan fingerprint density at radius 1 is 0.951 bits per heavy atom. The molecule has 1 amide bonds. The van der Waals surface area contributed by atoms with Gasteiger partial charge >= 0.3 is 6.18 Å². The summed E-state index contributed by atoms with van der Waals surface area (Å²) < 4.78 is 59.5. The number of hydrogen-bond acceptors (Lipinski definition) is 4. The van der Waals surface area contributed by atoms with Gasteiger partial charge in [-0.25, -0.2) is 4.39 Å². The molecule has 0 aromatic heterocycles. The summed E-state index contributed by atoms with van der Waals surface area (Å²) in [5, 5.41) is 0. The van der Waals surface area contributed by atoms with E-state index in [-0.39, 0.29) is 23.7 Å². The molecule has 41 heavy (non-hydrogen) atoms. The van der Waals surface area contributed by atoms with Crippen LogP contribution in [0.1, 0.15) is 42.5 Å². The number of amides is 1. The Morgan fingerprint density at radius 3 is 2.22 bits per heavy atom. The van der Waals surface area contributed by atoms with Gasteiger partial charge in [0.25, 0.3) is 0 Å². The standard InChI is InChI=1S/C32H35F4N3O2/c1-23(25-5-3-2-4-6-25)39(28-11-12-30(29(33)21-28)38-17-19-41-20-18-38)31(40)26-13-15-37(16-14-26)22-24-7-9-27(10-8-24)32(34,35)36/h2-12,21,23,26H,13-20,22H2,1H3. The fourth-order valence-electron chi connectivity index (χ4n) is 5.72. The third kappa shape index (κ3) is 6.90. The molecule has 0 saturated carbocycles. The van der Waals surface area contributed by atoms with Gasteiger partial charge in [-0.15, -0.1) is 0 Å². The van der Waals surface area contributed by atoms with Crippen LogP contribution in [0.3, 0.4) is 0 Å². The first-order chi connectivity index (χ1) is 19.7. The molecule has 0 N–H and O–H groups in total. The van der Waals surface area contributed by atoms with Crippen molar-refractivity contribution in [1.29, 1.82) is 0 Å². The Morgan fingerprint density at radius 2 is 1.61 bits per heavy atom. The number of alkyl halides is 3. The molecule has 2 heterocycles. The quantitative estimate of drug-likeness (QED) is 0.297. The molecule has 9 heteroatoms. The minimum atomic E-state index is -4.36.